The minimum Gasteiger partial charge on any atom is -0.337 e. The minimum absolute atomic E-state index is 0.213. The number of nitrogens with one attached hydrogen (secondary N) is 2. The molecular formula is C10H13F3N4O2. The highest BCUT2D eigenvalue weighted by atomic mass is 19.4. The molecule has 1 atom stereocenters. The molecule has 2 rings (SSSR count). The van der Waals surface area contributed by atoms with Gasteiger partial charge in [0.1, 0.15) is 0 Å². The van der Waals surface area contributed by atoms with E-state index in [-0.39, 0.29) is 5.95 Å². The Balaban J connectivity index is 2.44. The van der Waals surface area contributed by atoms with E-state index in [1.807, 2.05) is 0 Å². The first-order valence-electron chi connectivity index (χ1n) is 5.73. The van der Waals surface area contributed by atoms with Gasteiger partial charge in [0.2, 0.25) is 11.8 Å². The number of fused-ring (bicyclic) bond motifs is 1. The summed E-state index contributed by atoms with van der Waals surface area (Å²) in [6.45, 7) is 3.82. The Hall–Kier alpha value is -1.77. The van der Waals surface area contributed by atoms with E-state index in [9.17, 15) is 18.0 Å². The number of halogens is 3. The van der Waals surface area contributed by atoms with Crippen molar-refractivity contribution in [2.45, 2.75) is 32.3 Å². The van der Waals surface area contributed by atoms with Crippen molar-refractivity contribution in [2.24, 2.45) is 0 Å². The highest BCUT2D eigenvalue weighted by Gasteiger charge is 2.40. The summed E-state index contributed by atoms with van der Waals surface area (Å²) in [4.78, 5) is 15.0. The minimum atomic E-state index is -4.67. The van der Waals surface area contributed by atoms with E-state index < -0.39 is 23.3 Å². The zero-order valence-electron chi connectivity index (χ0n) is 10.3. The maximum absolute atomic E-state index is 12.6. The molecule has 19 heavy (non-hydrogen) atoms. The molecule has 1 aliphatic rings. The molecule has 1 aliphatic heterocycles. The third kappa shape index (κ3) is 2.37. The molecule has 0 amide bonds. The number of hydrogen-bond donors (Lipinski definition) is 2. The molecule has 1 aromatic heterocycles. The summed E-state index contributed by atoms with van der Waals surface area (Å²) in [6.07, 6.45) is -4.27. The monoisotopic (exact) mass is 278 g/mol. The standard InChI is InChI=1S/C10H13F3N4O2/c1-3-9(19-4-2)15-8-14-6(10(11,12)13)5-7(18)17(8)16-9/h5,16H,3-4H2,1-2H3,(H,14,15). The lowest BCUT2D eigenvalue weighted by Crippen LogP contribution is -2.47. The molecule has 0 spiro atoms. The summed E-state index contributed by atoms with van der Waals surface area (Å²) in [7, 11) is 0. The average molecular weight is 278 g/mol. The number of rotatable bonds is 3. The average Bonchev–Trinajstić information content (AvgIpc) is 2.68. The van der Waals surface area contributed by atoms with Gasteiger partial charge in [-0.25, -0.2) is 4.98 Å². The third-order valence-corrected chi connectivity index (χ3v) is 2.70. The molecule has 2 heterocycles. The normalized spacial score (nSPS) is 21.7. The van der Waals surface area contributed by atoms with E-state index in [1.54, 1.807) is 13.8 Å². The number of aromatic nitrogens is 2. The van der Waals surface area contributed by atoms with Crippen LogP contribution in [0.3, 0.4) is 0 Å². The molecule has 6 nitrogen and oxygen atoms in total. The number of hydrogen-bond acceptors (Lipinski definition) is 5. The van der Waals surface area contributed by atoms with Crippen molar-refractivity contribution in [1.82, 2.24) is 9.66 Å². The van der Waals surface area contributed by atoms with E-state index in [0.717, 1.165) is 4.68 Å². The van der Waals surface area contributed by atoms with Crippen LogP contribution in [0, 0.1) is 0 Å². The van der Waals surface area contributed by atoms with Crippen LogP contribution in [0.1, 0.15) is 26.0 Å². The second-order valence-electron chi connectivity index (χ2n) is 3.99. The Bertz CT molecular complexity index is 543. The SMILES string of the molecule is CCOC1(CC)Nc2nc(C(F)(F)F)cc(=O)n2N1. The van der Waals surface area contributed by atoms with Crippen LogP contribution in [0.4, 0.5) is 19.1 Å². The van der Waals surface area contributed by atoms with Crippen LogP contribution in [-0.4, -0.2) is 22.1 Å². The zero-order chi connectivity index (χ0) is 14.3. The predicted molar refractivity (Wildman–Crippen MR) is 61.1 cm³/mol. The molecule has 1 unspecified atom stereocenters. The number of anilines is 1. The maximum atomic E-state index is 12.6. The molecule has 0 aromatic carbocycles. The highest BCUT2D eigenvalue weighted by molar-refractivity contribution is 5.39. The Morgan fingerprint density at radius 2 is 2.16 bits per heavy atom. The second kappa shape index (κ2) is 4.41. The molecule has 0 radical (unpaired) electrons. The first kappa shape index (κ1) is 13.7. The molecule has 0 bridgehead atoms. The first-order valence-corrected chi connectivity index (χ1v) is 5.73. The van der Waals surface area contributed by atoms with Crippen LogP contribution in [-0.2, 0) is 10.9 Å². The van der Waals surface area contributed by atoms with E-state index in [0.29, 0.717) is 19.1 Å². The fraction of sp³-hybridized carbons (Fsp3) is 0.600. The van der Waals surface area contributed by atoms with Gasteiger partial charge >= 0.3 is 6.18 Å². The van der Waals surface area contributed by atoms with Crippen LogP contribution in [0.5, 0.6) is 0 Å². The molecular weight excluding hydrogens is 265 g/mol. The summed E-state index contributed by atoms with van der Waals surface area (Å²) < 4.78 is 44.0. The van der Waals surface area contributed by atoms with Crippen molar-refractivity contribution in [3.63, 3.8) is 0 Å². The topological polar surface area (TPSA) is 68.2 Å². The van der Waals surface area contributed by atoms with E-state index in [1.165, 1.54) is 0 Å². The Morgan fingerprint density at radius 1 is 1.47 bits per heavy atom. The van der Waals surface area contributed by atoms with Gasteiger partial charge in [-0.3, -0.25) is 10.2 Å². The second-order valence-corrected chi connectivity index (χ2v) is 3.99. The molecule has 9 heteroatoms. The zero-order valence-corrected chi connectivity index (χ0v) is 10.3. The molecule has 106 valence electrons. The highest BCUT2D eigenvalue weighted by Crippen LogP contribution is 2.29. The summed E-state index contributed by atoms with van der Waals surface area (Å²) in [5, 5.41) is 2.67. The predicted octanol–water partition coefficient (Wildman–Crippen LogP) is 1.33. The maximum Gasteiger partial charge on any atom is 0.433 e. The van der Waals surface area contributed by atoms with Gasteiger partial charge in [0.15, 0.2) is 5.69 Å². The molecule has 0 fully saturated rings. The van der Waals surface area contributed by atoms with Crippen LogP contribution in [0.25, 0.3) is 0 Å². The number of alkyl halides is 3. The van der Waals surface area contributed by atoms with Crippen molar-refractivity contribution < 1.29 is 17.9 Å². The number of nitrogens with zero attached hydrogens (tertiary/aromatic N) is 2. The summed E-state index contributed by atoms with van der Waals surface area (Å²) in [6, 6.07) is 0.440. The number of ether oxygens (including phenoxy) is 1. The Morgan fingerprint density at radius 3 is 2.68 bits per heavy atom. The lowest BCUT2D eigenvalue weighted by atomic mass is 10.3. The van der Waals surface area contributed by atoms with Gasteiger partial charge in [-0.15, -0.1) is 0 Å². The van der Waals surface area contributed by atoms with Gasteiger partial charge in [-0.1, -0.05) is 6.92 Å². The van der Waals surface area contributed by atoms with Crippen LogP contribution in [0.2, 0.25) is 0 Å². The summed E-state index contributed by atoms with van der Waals surface area (Å²) in [5.41, 5.74) is 0.604. The molecule has 2 N–H and O–H groups in total. The Labute approximate surface area is 106 Å². The van der Waals surface area contributed by atoms with Crippen LogP contribution < -0.4 is 16.3 Å². The first-order chi connectivity index (χ1) is 8.81. The van der Waals surface area contributed by atoms with Gasteiger partial charge in [0.25, 0.3) is 5.56 Å². The van der Waals surface area contributed by atoms with E-state index in [4.69, 9.17) is 4.74 Å². The fourth-order valence-electron chi connectivity index (χ4n) is 1.79. The van der Waals surface area contributed by atoms with Crippen molar-refractivity contribution in [3.05, 3.63) is 22.1 Å². The van der Waals surface area contributed by atoms with Crippen LogP contribution >= 0.6 is 0 Å². The van der Waals surface area contributed by atoms with Crippen molar-refractivity contribution in [1.29, 1.82) is 0 Å². The third-order valence-electron chi connectivity index (χ3n) is 2.70. The smallest absolute Gasteiger partial charge is 0.337 e. The van der Waals surface area contributed by atoms with Crippen LogP contribution in [0.15, 0.2) is 10.9 Å². The Kier molecular flexibility index (Phi) is 3.17. The molecule has 0 saturated heterocycles. The fourth-order valence-corrected chi connectivity index (χ4v) is 1.79. The molecule has 0 saturated carbocycles. The van der Waals surface area contributed by atoms with Crippen molar-refractivity contribution >= 4 is 5.95 Å². The van der Waals surface area contributed by atoms with E-state index >= 15 is 0 Å². The van der Waals surface area contributed by atoms with Gasteiger partial charge < -0.3 is 10.1 Å². The van der Waals surface area contributed by atoms with Gasteiger partial charge in [0.05, 0.1) is 0 Å². The van der Waals surface area contributed by atoms with Gasteiger partial charge in [0, 0.05) is 19.1 Å². The lowest BCUT2D eigenvalue weighted by molar-refractivity contribution is -0.141. The summed E-state index contributed by atoms with van der Waals surface area (Å²) >= 11 is 0. The van der Waals surface area contributed by atoms with Gasteiger partial charge in [-0.2, -0.15) is 17.8 Å². The summed E-state index contributed by atoms with van der Waals surface area (Å²) in [5.74, 6) is -1.33. The quantitative estimate of drug-likeness (QED) is 0.873. The molecule has 0 aliphatic carbocycles. The van der Waals surface area contributed by atoms with Gasteiger partial charge in [-0.05, 0) is 6.92 Å². The van der Waals surface area contributed by atoms with Crippen molar-refractivity contribution in [2.75, 3.05) is 17.3 Å². The largest absolute Gasteiger partial charge is 0.433 e. The van der Waals surface area contributed by atoms with E-state index in [2.05, 4.69) is 15.7 Å². The molecule has 1 aromatic rings. The lowest BCUT2D eigenvalue weighted by Gasteiger charge is -2.27. The van der Waals surface area contributed by atoms with Crippen molar-refractivity contribution in [3.8, 4) is 0 Å².